The number of carbonyl (C=O) groups excluding carboxylic acids is 1. The number of rotatable bonds is 0. The predicted molar refractivity (Wildman–Crippen MR) is 70.4 cm³/mol. The van der Waals surface area contributed by atoms with Crippen LogP contribution in [0.3, 0.4) is 0 Å². The molecule has 0 bridgehead atoms. The number of hydrogen-bond donors (Lipinski definition) is 1. The number of nitrogens with zero attached hydrogens (tertiary/aromatic N) is 1. The van der Waals surface area contributed by atoms with Gasteiger partial charge in [0.25, 0.3) is 5.91 Å². The van der Waals surface area contributed by atoms with Gasteiger partial charge in [-0.15, -0.1) is 17.0 Å². The zero-order valence-electron chi connectivity index (χ0n) is 6.55. The van der Waals surface area contributed by atoms with Crippen molar-refractivity contribution in [2.45, 2.75) is 3.23 Å². The van der Waals surface area contributed by atoms with Gasteiger partial charge in [0.1, 0.15) is 5.82 Å². The molecule has 0 unspecified atom stereocenters. The molecule has 1 aliphatic rings. The lowest BCUT2D eigenvalue weighted by molar-refractivity contribution is -0.115. The summed E-state index contributed by atoms with van der Waals surface area (Å²) in [5, 5.41) is 2.65. The maximum Gasteiger partial charge on any atom is 0.258 e. The van der Waals surface area contributed by atoms with Crippen LogP contribution in [-0.4, -0.2) is 10.9 Å². The van der Waals surface area contributed by atoms with Crippen LogP contribution in [0, 0.1) is 0 Å². The molecule has 0 aliphatic carbocycles. The van der Waals surface area contributed by atoms with Crippen molar-refractivity contribution in [1.82, 2.24) is 4.98 Å². The Labute approximate surface area is 116 Å². The lowest BCUT2D eigenvalue weighted by Gasteiger charge is -2.09. The fourth-order valence-corrected chi connectivity index (χ4v) is 2.22. The van der Waals surface area contributed by atoms with Crippen LogP contribution in [0.5, 0.6) is 0 Å². The van der Waals surface area contributed by atoms with E-state index >= 15 is 0 Å². The first kappa shape index (κ1) is 12.6. The van der Waals surface area contributed by atoms with Gasteiger partial charge in [0.2, 0.25) is 0 Å². The summed E-state index contributed by atoms with van der Waals surface area (Å²) in [5.74, 6) is 0.426. The Kier molecular flexibility index (Phi) is 3.77. The first-order valence-corrected chi connectivity index (χ1v) is 5.75. The van der Waals surface area contributed by atoms with Crippen molar-refractivity contribution < 1.29 is 4.79 Å². The number of amides is 1. The minimum Gasteiger partial charge on any atom is -0.308 e. The largest absolute Gasteiger partial charge is 0.308 e. The first-order valence-electron chi connectivity index (χ1n) is 3.37. The van der Waals surface area contributed by atoms with Gasteiger partial charge in [0.15, 0.2) is 3.23 Å². The molecule has 1 amide bonds. The standard InChI is InChI=1S/C7H3Br3N2O.BrH/c8-3-1-4-5(11-2-3)12-6(13)7(4,9)10;/h1-2H,(H,11,12,13);1H. The molecule has 1 aromatic heterocycles. The maximum atomic E-state index is 11.4. The van der Waals surface area contributed by atoms with Crippen molar-refractivity contribution in [3.8, 4) is 0 Å². The monoisotopic (exact) mass is 448 g/mol. The molecule has 1 aromatic rings. The molecule has 7 heteroatoms. The summed E-state index contributed by atoms with van der Waals surface area (Å²) >= 11 is 9.86. The Bertz CT molecular complexity index is 393. The Morgan fingerprint density at radius 2 is 2.07 bits per heavy atom. The molecule has 1 N–H and O–H groups in total. The molecule has 0 atom stereocenters. The summed E-state index contributed by atoms with van der Waals surface area (Å²) in [4.78, 5) is 15.5. The molecule has 0 spiro atoms. The number of fused-ring (bicyclic) bond motifs is 1. The van der Waals surface area contributed by atoms with Gasteiger partial charge < -0.3 is 5.32 Å². The number of carbonyl (C=O) groups is 1. The fourth-order valence-electron chi connectivity index (χ4n) is 1.09. The van der Waals surface area contributed by atoms with Crippen molar-refractivity contribution in [3.05, 3.63) is 22.3 Å². The van der Waals surface area contributed by atoms with Crippen LogP contribution < -0.4 is 5.32 Å². The summed E-state index contributed by atoms with van der Waals surface area (Å²) in [5.41, 5.74) is 0.784. The van der Waals surface area contributed by atoms with Crippen LogP contribution in [0.15, 0.2) is 16.7 Å². The van der Waals surface area contributed by atoms with Gasteiger partial charge >= 0.3 is 0 Å². The van der Waals surface area contributed by atoms with E-state index in [0.29, 0.717) is 5.82 Å². The Morgan fingerprint density at radius 1 is 1.43 bits per heavy atom. The first-order chi connectivity index (χ1) is 6.01. The molecule has 0 aromatic carbocycles. The predicted octanol–water partition coefficient (Wildman–Crippen LogP) is 3.32. The van der Waals surface area contributed by atoms with E-state index < -0.39 is 3.23 Å². The molecular weight excluding hydrogens is 448 g/mol. The molecule has 0 saturated carbocycles. The van der Waals surface area contributed by atoms with Gasteiger partial charge in [-0.2, -0.15) is 0 Å². The van der Waals surface area contributed by atoms with Crippen LogP contribution in [0.2, 0.25) is 0 Å². The molecule has 76 valence electrons. The average Bonchev–Trinajstić information content (AvgIpc) is 2.27. The van der Waals surface area contributed by atoms with Gasteiger partial charge in [-0.3, -0.25) is 4.79 Å². The lowest BCUT2D eigenvalue weighted by Crippen LogP contribution is -2.20. The maximum absolute atomic E-state index is 11.4. The average molecular weight is 452 g/mol. The van der Waals surface area contributed by atoms with Crippen molar-refractivity contribution in [2.24, 2.45) is 0 Å². The topological polar surface area (TPSA) is 42.0 Å². The van der Waals surface area contributed by atoms with Gasteiger partial charge in [0, 0.05) is 16.2 Å². The molecule has 1 aliphatic heterocycles. The number of alkyl halides is 2. The van der Waals surface area contributed by atoms with Gasteiger partial charge in [0.05, 0.1) is 0 Å². The van der Waals surface area contributed by atoms with E-state index in [1.807, 2.05) is 6.07 Å². The SMILES string of the molecule is Br.O=C1Nc2ncc(Br)cc2C1(Br)Br. The number of anilines is 1. The number of aromatic nitrogens is 1. The van der Waals surface area contributed by atoms with Crippen molar-refractivity contribution in [2.75, 3.05) is 5.32 Å². The molecule has 0 saturated heterocycles. The van der Waals surface area contributed by atoms with Gasteiger partial charge in [-0.25, -0.2) is 4.98 Å². The Balaban J connectivity index is 0.000000980. The van der Waals surface area contributed by atoms with Gasteiger partial charge in [-0.05, 0) is 22.0 Å². The highest BCUT2D eigenvalue weighted by atomic mass is 79.9. The second-order valence-corrected chi connectivity index (χ2v) is 6.94. The second-order valence-electron chi connectivity index (χ2n) is 2.58. The van der Waals surface area contributed by atoms with Crippen LogP contribution in [0.1, 0.15) is 5.56 Å². The minimum absolute atomic E-state index is 0. The van der Waals surface area contributed by atoms with E-state index in [9.17, 15) is 4.79 Å². The Hall–Kier alpha value is 0.540. The third kappa shape index (κ3) is 1.91. The number of pyridine rings is 1. The van der Waals surface area contributed by atoms with Gasteiger partial charge in [-0.1, -0.05) is 31.9 Å². The summed E-state index contributed by atoms with van der Waals surface area (Å²) in [7, 11) is 0. The van der Waals surface area contributed by atoms with E-state index in [4.69, 9.17) is 0 Å². The molecule has 0 radical (unpaired) electrons. The van der Waals surface area contributed by atoms with Crippen molar-refractivity contribution in [1.29, 1.82) is 0 Å². The van der Waals surface area contributed by atoms with E-state index in [1.54, 1.807) is 6.20 Å². The highest BCUT2D eigenvalue weighted by Crippen LogP contribution is 2.47. The van der Waals surface area contributed by atoms with Crippen LogP contribution >= 0.6 is 64.8 Å². The van der Waals surface area contributed by atoms with E-state index in [0.717, 1.165) is 10.0 Å². The number of hydrogen-bond acceptors (Lipinski definition) is 2. The summed E-state index contributed by atoms with van der Waals surface area (Å²) in [6.07, 6.45) is 1.64. The molecule has 2 heterocycles. The van der Waals surface area contributed by atoms with Crippen molar-refractivity contribution >= 4 is 76.5 Å². The number of halogens is 4. The van der Waals surface area contributed by atoms with Crippen LogP contribution in [0.25, 0.3) is 0 Å². The lowest BCUT2D eigenvalue weighted by atomic mass is 10.2. The normalized spacial score (nSPS) is 16.9. The molecule has 0 fully saturated rings. The van der Waals surface area contributed by atoms with E-state index in [-0.39, 0.29) is 22.9 Å². The third-order valence-corrected chi connectivity index (χ3v) is 3.72. The smallest absolute Gasteiger partial charge is 0.258 e. The second kappa shape index (κ2) is 4.19. The summed E-state index contributed by atoms with van der Waals surface area (Å²) in [6, 6.07) is 1.84. The highest BCUT2D eigenvalue weighted by Gasteiger charge is 2.43. The summed E-state index contributed by atoms with van der Waals surface area (Å²) in [6.45, 7) is 0. The molecular formula is C7H4Br4N2O. The van der Waals surface area contributed by atoms with E-state index in [2.05, 4.69) is 58.1 Å². The zero-order valence-corrected chi connectivity index (χ0v) is 13.0. The molecule has 3 nitrogen and oxygen atoms in total. The van der Waals surface area contributed by atoms with E-state index in [1.165, 1.54) is 0 Å². The van der Waals surface area contributed by atoms with Crippen LogP contribution in [-0.2, 0) is 8.03 Å². The van der Waals surface area contributed by atoms with Crippen molar-refractivity contribution in [3.63, 3.8) is 0 Å². The molecule has 14 heavy (non-hydrogen) atoms. The van der Waals surface area contributed by atoms with Crippen LogP contribution in [0.4, 0.5) is 5.82 Å². The third-order valence-electron chi connectivity index (χ3n) is 1.71. The summed E-state index contributed by atoms with van der Waals surface area (Å²) < 4.78 is -0.00225. The fraction of sp³-hybridized carbons (Fsp3) is 0.143. The zero-order chi connectivity index (χ0) is 9.64. The number of nitrogens with one attached hydrogen (secondary N) is 1. The Morgan fingerprint density at radius 3 is 2.71 bits per heavy atom. The quantitative estimate of drug-likeness (QED) is 0.615. The molecule has 2 rings (SSSR count). The minimum atomic E-state index is -0.841. The highest BCUT2D eigenvalue weighted by molar-refractivity contribution is 9.25.